The quantitative estimate of drug-likeness (QED) is 0.173. The number of para-hydroxylation sites is 2. The van der Waals surface area contributed by atoms with Crippen molar-refractivity contribution in [1.29, 1.82) is 0 Å². The Kier molecular flexibility index (Phi) is 7.14. The largest absolute Gasteiger partial charge is 0.456 e. The van der Waals surface area contributed by atoms with Gasteiger partial charge < -0.3 is 13.7 Å². The van der Waals surface area contributed by atoms with Gasteiger partial charge in [0, 0.05) is 62.1 Å². The van der Waals surface area contributed by atoms with E-state index < -0.39 is 0 Å². The van der Waals surface area contributed by atoms with Gasteiger partial charge in [-0.2, -0.15) is 0 Å². The molecule has 0 unspecified atom stereocenters. The first-order valence-corrected chi connectivity index (χ1v) is 18.5. The first-order chi connectivity index (χ1) is 27.3. The Morgan fingerprint density at radius 3 is 1.96 bits per heavy atom. The van der Waals surface area contributed by atoms with Crippen molar-refractivity contribution in [3.05, 3.63) is 194 Å². The summed E-state index contributed by atoms with van der Waals surface area (Å²) in [7, 11) is 0. The third-order valence-corrected chi connectivity index (χ3v) is 10.7. The number of rotatable bonds is 6. The molecule has 0 aliphatic rings. The van der Waals surface area contributed by atoms with Crippen LogP contribution in [0.25, 0.3) is 88.0 Å². The Labute approximate surface area is 317 Å². The average molecular weight is 705 g/mol. The second-order valence-corrected chi connectivity index (χ2v) is 13.9. The van der Waals surface area contributed by atoms with Crippen LogP contribution in [0.5, 0.6) is 0 Å². The van der Waals surface area contributed by atoms with E-state index in [4.69, 9.17) is 8.83 Å². The van der Waals surface area contributed by atoms with E-state index in [-0.39, 0.29) is 0 Å². The maximum Gasteiger partial charge on any atom is 0.143 e. The van der Waals surface area contributed by atoms with Crippen molar-refractivity contribution in [1.82, 2.24) is 4.98 Å². The van der Waals surface area contributed by atoms with Crippen molar-refractivity contribution in [3.63, 3.8) is 0 Å². The maximum atomic E-state index is 6.84. The van der Waals surface area contributed by atoms with Gasteiger partial charge in [-0.25, -0.2) is 0 Å². The highest BCUT2D eigenvalue weighted by atomic mass is 16.3. The number of pyridine rings is 1. The molecule has 0 aliphatic heterocycles. The number of benzene rings is 8. The third-order valence-electron chi connectivity index (χ3n) is 10.7. The fourth-order valence-corrected chi connectivity index (χ4v) is 8.19. The lowest BCUT2D eigenvalue weighted by Crippen LogP contribution is -2.09. The lowest BCUT2D eigenvalue weighted by molar-refractivity contribution is 0.669. The molecule has 11 aromatic rings. The minimum Gasteiger partial charge on any atom is -0.456 e. The fraction of sp³-hybridized carbons (Fsp3) is 0. The van der Waals surface area contributed by atoms with Crippen LogP contribution in [0.4, 0.5) is 17.1 Å². The molecule has 0 saturated carbocycles. The number of anilines is 3. The van der Waals surface area contributed by atoms with Crippen LogP contribution in [0.15, 0.2) is 203 Å². The molecule has 0 aliphatic carbocycles. The van der Waals surface area contributed by atoms with Crippen LogP contribution in [0.2, 0.25) is 0 Å². The minimum absolute atomic E-state index is 0.858. The SMILES string of the molecule is c1ccc(N(c2ccc(-c3ccc4oc5ccccc5c4c3)cc2)c2cccc(-c3cc4ccccc4c4c3oc3cccc(-c5cccnc5)c34)c2)cc1. The average Bonchev–Trinajstić information content (AvgIpc) is 3.84. The zero-order valence-corrected chi connectivity index (χ0v) is 29.7. The monoisotopic (exact) mass is 704 g/mol. The Hall–Kier alpha value is -7.43. The molecule has 3 aromatic heterocycles. The van der Waals surface area contributed by atoms with Crippen LogP contribution in [-0.4, -0.2) is 4.98 Å². The summed E-state index contributed by atoms with van der Waals surface area (Å²) in [6.07, 6.45) is 3.74. The van der Waals surface area contributed by atoms with E-state index >= 15 is 0 Å². The van der Waals surface area contributed by atoms with Gasteiger partial charge in [-0.15, -0.1) is 0 Å². The van der Waals surface area contributed by atoms with E-state index in [0.717, 1.165) is 99.7 Å². The Balaban J connectivity index is 1.05. The summed E-state index contributed by atoms with van der Waals surface area (Å²) >= 11 is 0. The molecule has 0 amide bonds. The molecule has 55 heavy (non-hydrogen) atoms. The summed E-state index contributed by atoms with van der Waals surface area (Å²) in [5.74, 6) is 0. The predicted molar refractivity (Wildman–Crippen MR) is 227 cm³/mol. The van der Waals surface area contributed by atoms with Crippen molar-refractivity contribution in [2.75, 3.05) is 4.90 Å². The van der Waals surface area contributed by atoms with Gasteiger partial charge in [-0.1, -0.05) is 109 Å². The fourth-order valence-electron chi connectivity index (χ4n) is 8.19. The molecular formula is C51H32N2O2. The molecule has 11 rings (SSSR count). The second kappa shape index (κ2) is 12.6. The van der Waals surface area contributed by atoms with E-state index in [1.54, 1.807) is 0 Å². The van der Waals surface area contributed by atoms with Gasteiger partial charge in [0.1, 0.15) is 22.3 Å². The summed E-state index contributed by atoms with van der Waals surface area (Å²) in [6.45, 7) is 0. The normalized spacial score (nSPS) is 11.6. The van der Waals surface area contributed by atoms with E-state index in [0.29, 0.717) is 0 Å². The van der Waals surface area contributed by atoms with Crippen molar-refractivity contribution >= 4 is 71.7 Å². The molecule has 0 atom stereocenters. The van der Waals surface area contributed by atoms with E-state index in [1.165, 1.54) is 5.39 Å². The first kappa shape index (κ1) is 31.1. The smallest absolute Gasteiger partial charge is 0.143 e. The van der Waals surface area contributed by atoms with Crippen LogP contribution in [0.1, 0.15) is 0 Å². The predicted octanol–water partition coefficient (Wildman–Crippen LogP) is 14.5. The number of furan rings is 2. The zero-order chi connectivity index (χ0) is 36.3. The van der Waals surface area contributed by atoms with E-state index in [1.807, 2.05) is 30.6 Å². The number of hydrogen-bond acceptors (Lipinski definition) is 4. The van der Waals surface area contributed by atoms with Gasteiger partial charge in [0.15, 0.2) is 0 Å². The number of aromatic nitrogens is 1. The molecule has 4 nitrogen and oxygen atoms in total. The van der Waals surface area contributed by atoms with Gasteiger partial charge in [-0.05, 0) is 106 Å². The van der Waals surface area contributed by atoms with Gasteiger partial charge in [0.05, 0.1) is 0 Å². The van der Waals surface area contributed by atoms with Gasteiger partial charge >= 0.3 is 0 Å². The van der Waals surface area contributed by atoms with E-state index in [9.17, 15) is 0 Å². The molecule has 258 valence electrons. The van der Waals surface area contributed by atoms with Gasteiger partial charge in [0.2, 0.25) is 0 Å². The lowest BCUT2D eigenvalue weighted by Gasteiger charge is -2.26. The summed E-state index contributed by atoms with van der Waals surface area (Å²) in [5, 5.41) is 6.80. The molecule has 8 aromatic carbocycles. The molecule has 0 spiro atoms. The molecule has 0 saturated heterocycles. The molecule has 0 fully saturated rings. The summed E-state index contributed by atoms with van der Waals surface area (Å²) in [6, 6.07) is 64.1. The van der Waals surface area contributed by atoms with Crippen LogP contribution in [0, 0.1) is 0 Å². The van der Waals surface area contributed by atoms with Crippen molar-refractivity contribution < 1.29 is 8.83 Å². The second-order valence-electron chi connectivity index (χ2n) is 13.9. The summed E-state index contributed by atoms with van der Waals surface area (Å²) in [4.78, 5) is 6.75. The van der Waals surface area contributed by atoms with Crippen LogP contribution >= 0.6 is 0 Å². The topological polar surface area (TPSA) is 42.4 Å². The standard InChI is InChI=1S/C51H32N2O2/c1-2-14-38(15-3-1)53(39-25-22-33(23-26-39)34-24-27-47-45(30-34)43-18-6-7-20-46(43)54-47)40-16-8-12-35(29-40)44-31-36-11-4-5-17-41(36)50-49-42(37-13-10-28-52-32-37)19-9-21-48(49)55-51(44)50/h1-32H. The highest BCUT2D eigenvalue weighted by Gasteiger charge is 2.21. The first-order valence-electron chi connectivity index (χ1n) is 18.5. The summed E-state index contributed by atoms with van der Waals surface area (Å²) < 4.78 is 12.9. The van der Waals surface area contributed by atoms with Crippen LogP contribution in [0.3, 0.4) is 0 Å². The Bertz CT molecular complexity index is 3200. The number of nitrogens with zero attached hydrogens (tertiary/aromatic N) is 2. The molecular weight excluding hydrogens is 673 g/mol. The highest BCUT2D eigenvalue weighted by molar-refractivity contribution is 6.25. The van der Waals surface area contributed by atoms with Crippen LogP contribution < -0.4 is 4.90 Å². The Morgan fingerprint density at radius 1 is 0.382 bits per heavy atom. The van der Waals surface area contributed by atoms with Crippen molar-refractivity contribution in [2.24, 2.45) is 0 Å². The highest BCUT2D eigenvalue weighted by Crippen LogP contribution is 2.45. The lowest BCUT2D eigenvalue weighted by atomic mass is 9.93. The van der Waals surface area contributed by atoms with Gasteiger partial charge in [-0.3, -0.25) is 4.98 Å². The molecule has 4 heteroatoms. The van der Waals surface area contributed by atoms with Crippen LogP contribution in [-0.2, 0) is 0 Å². The zero-order valence-electron chi connectivity index (χ0n) is 29.7. The molecule has 3 heterocycles. The number of fused-ring (bicyclic) bond motifs is 8. The minimum atomic E-state index is 0.858. The molecule has 0 N–H and O–H groups in total. The van der Waals surface area contributed by atoms with E-state index in [2.05, 4.69) is 174 Å². The Morgan fingerprint density at radius 2 is 1.09 bits per heavy atom. The summed E-state index contributed by atoms with van der Waals surface area (Å²) in [5.41, 5.74) is 13.3. The number of hydrogen-bond donors (Lipinski definition) is 0. The third kappa shape index (κ3) is 5.19. The van der Waals surface area contributed by atoms with Crippen molar-refractivity contribution in [2.45, 2.75) is 0 Å². The molecule has 0 radical (unpaired) electrons. The van der Waals surface area contributed by atoms with Crippen molar-refractivity contribution in [3.8, 4) is 33.4 Å². The molecule has 0 bridgehead atoms. The van der Waals surface area contributed by atoms with Gasteiger partial charge in [0.25, 0.3) is 0 Å². The maximum absolute atomic E-state index is 6.84.